The molecule has 9 heteroatoms. The van der Waals surface area contributed by atoms with Gasteiger partial charge in [0.2, 0.25) is 0 Å². The van der Waals surface area contributed by atoms with Crippen LogP contribution in [-0.2, 0) is 11.3 Å². The molecule has 0 saturated carbocycles. The zero-order valence-corrected chi connectivity index (χ0v) is 16.5. The first-order valence-electron chi connectivity index (χ1n) is 9.04. The van der Waals surface area contributed by atoms with E-state index in [9.17, 15) is 24.5 Å². The molecule has 8 nitrogen and oxygen atoms in total. The summed E-state index contributed by atoms with van der Waals surface area (Å²) in [7, 11) is 0. The molecule has 2 amide bonds. The Kier molecular flexibility index (Phi) is 5.22. The number of nitro benzene ring substituents is 1. The van der Waals surface area contributed by atoms with E-state index in [0.29, 0.717) is 5.02 Å². The van der Waals surface area contributed by atoms with Gasteiger partial charge < -0.3 is 4.74 Å². The van der Waals surface area contributed by atoms with Gasteiger partial charge >= 0.3 is 5.97 Å². The van der Waals surface area contributed by atoms with Gasteiger partial charge in [0.15, 0.2) is 0 Å². The molecule has 0 spiro atoms. The summed E-state index contributed by atoms with van der Waals surface area (Å²) in [5.41, 5.74) is 0.799. The fourth-order valence-corrected chi connectivity index (χ4v) is 3.29. The highest BCUT2D eigenvalue weighted by molar-refractivity contribution is 6.34. The number of nitro groups is 1. The van der Waals surface area contributed by atoms with Crippen molar-refractivity contribution in [1.82, 2.24) is 0 Å². The van der Waals surface area contributed by atoms with E-state index in [2.05, 4.69) is 0 Å². The molecule has 0 radical (unpaired) electrons. The van der Waals surface area contributed by atoms with E-state index >= 15 is 0 Å². The van der Waals surface area contributed by atoms with Crippen LogP contribution < -0.4 is 4.90 Å². The summed E-state index contributed by atoms with van der Waals surface area (Å²) in [6.45, 7) is 0.0137. The molecule has 4 rings (SSSR count). The summed E-state index contributed by atoms with van der Waals surface area (Å²) in [5.74, 6) is -1.96. The predicted octanol–water partition coefficient (Wildman–Crippen LogP) is 4.41. The van der Waals surface area contributed by atoms with E-state index in [0.717, 1.165) is 16.5 Å². The third-order valence-corrected chi connectivity index (χ3v) is 4.96. The second-order valence-corrected chi connectivity index (χ2v) is 7.12. The molecule has 31 heavy (non-hydrogen) atoms. The van der Waals surface area contributed by atoms with Gasteiger partial charge in [-0.15, -0.1) is 0 Å². The molecule has 3 aromatic rings. The number of non-ortho nitro benzene ring substituents is 1. The second-order valence-electron chi connectivity index (χ2n) is 6.69. The van der Waals surface area contributed by atoms with Gasteiger partial charge in [-0.05, 0) is 42.0 Å². The quantitative estimate of drug-likeness (QED) is 0.254. The van der Waals surface area contributed by atoms with Crippen molar-refractivity contribution in [3.63, 3.8) is 0 Å². The third-order valence-electron chi connectivity index (χ3n) is 4.70. The highest BCUT2D eigenvalue weighted by Crippen LogP contribution is 2.31. The Hall–Kier alpha value is -4.04. The Labute approximate surface area is 180 Å². The van der Waals surface area contributed by atoms with Gasteiger partial charge in [0, 0.05) is 17.2 Å². The number of imide groups is 1. The van der Waals surface area contributed by atoms with Gasteiger partial charge in [0.1, 0.15) is 6.61 Å². The molecule has 1 aliphatic rings. The van der Waals surface area contributed by atoms with E-state index in [1.807, 2.05) is 0 Å². The number of hydrogen-bond acceptors (Lipinski definition) is 6. The van der Waals surface area contributed by atoms with Crippen molar-refractivity contribution in [2.75, 3.05) is 4.90 Å². The number of anilines is 1. The maximum atomic E-state index is 12.8. The molecule has 1 heterocycles. The van der Waals surface area contributed by atoms with Gasteiger partial charge in [-0.2, -0.15) is 0 Å². The molecule has 0 saturated heterocycles. The zero-order chi connectivity index (χ0) is 22.1. The van der Waals surface area contributed by atoms with Crippen LogP contribution in [0.5, 0.6) is 0 Å². The van der Waals surface area contributed by atoms with Crippen LogP contribution in [0.4, 0.5) is 11.4 Å². The first kappa shape index (κ1) is 20.2. The highest BCUT2D eigenvalue weighted by Gasteiger charge is 2.37. The number of ether oxygens (including phenoxy) is 1. The largest absolute Gasteiger partial charge is 0.457 e. The van der Waals surface area contributed by atoms with Gasteiger partial charge in [0.05, 0.1) is 27.3 Å². The monoisotopic (exact) mass is 436 g/mol. The molecule has 3 aromatic carbocycles. The maximum absolute atomic E-state index is 12.8. The summed E-state index contributed by atoms with van der Waals surface area (Å²) >= 11 is 5.83. The average molecular weight is 437 g/mol. The summed E-state index contributed by atoms with van der Waals surface area (Å²) in [6, 6.07) is 16.1. The van der Waals surface area contributed by atoms with Gasteiger partial charge in [0.25, 0.3) is 17.5 Å². The lowest BCUT2D eigenvalue weighted by Gasteiger charge is -2.13. The summed E-state index contributed by atoms with van der Waals surface area (Å²) in [6.07, 6.45) is 0. The Balaban J connectivity index is 1.56. The third kappa shape index (κ3) is 3.88. The summed E-state index contributed by atoms with van der Waals surface area (Å²) < 4.78 is 5.26. The normalized spacial score (nSPS) is 12.6. The van der Waals surface area contributed by atoms with Crippen molar-refractivity contribution in [2.24, 2.45) is 0 Å². The van der Waals surface area contributed by atoms with Gasteiger partial charge in [-0.25, -0.2) is 9.69 Å². The molecule has 154 valence electrons. The number of esters is 1. The number of carbonyl (C=O) groups excluding carboxylic acids is 3. The Morgan fingerprint density at radius 2 is 1.68 bits per heavy atom. The lowest BCUT2D eigenvalue weighted by Crippen LogP contribution is -2.29. The highest BCUT2D eigenvalue weighted by atomic mass is 35.5. The first-order valence-corrected chi connectivity index (χ1v) is 9.42. The molecular weight excluding hydrogens is 424 g/mol. The fraction of sp³-hybridized carbons (Fsp3) is 0.0455. The topological polar surface area (TPSA) is 107 Å². The van der Waals surface area contributed by atoms with Crippen molar-refractivity contribution in [3.05, 3.63) is 104 Å². The van der Waals surface area contributed by atoms with E-state index < -0.39 is 22.7 Å². The smallest absolute Gasteiger partial charge is 0.338 e. The van der Waals surface area contributed by atoms with E-state index in [1.165, 1.54) is 36.4 Å². The van der Waals surface area contributed by atoms with E-state index in [1.54, 1.807) is 24.3 Å². The summed E-state index contributed by atoms with van der Waals surface area (Å²) in [4.78, 5) is 49.2. The van der Waals surface area contributed by atoms with Crippen molar-refractivity contribution in [1.29, 1.82) is 0 Å². The van der Waals surface area contributed by atoms with Crippen molar-refractivity contribution in [2.45, 2.75) is 6.61 Å². The van der Waals surface area contributed by atoms with Gasteiger partial charge in [-0.1, -0.05) is 29.8 Å². The van der Waals surface area contributed by atoms with Crippen molar-refractivity contribution >= 4 is 40.8 Å². The predicted molar refractivity (Wildman–Crippen MR) is 111 cm³/mol. The Morgan fingerprint density at radius 3 is 2.39 bits per heavy atom. The number of rotatable bonds is 5. The minimum Gasteiger partial charge on any atom is -0.457 e. The second kappa shape index (κ2) is 8.00. The SMILES string of the molecule is O=C(OCc1ccc(Cl)cc1)c1ccc2c(c1)C(=O)N(c1cccc([N+](=O)[O-])c1)C2=O. The van der Waals surface area contributed by atoms with Crippen LogP contribution in [0.3, 0.4) is 0 Å². The molecular formula is C22H13ClN2O6. The van der Waals surface area contributed by atoms with E-state index in [4.69, 9.17) is 16.3 Å². The molecule has 1 aliphatic heterocycles. The van der Waals surface area contributed by atoms with Crippen LogP contribution in [0.2, 0.25) is 5.02 Å². The lowest BCUT2D eigenvalue weighted by molar-refractivity contribution is -0.384. The number of nitrogens with zero attached hydrogens (tertiary/aromatic N) is 2. The number of halogens is 1. The zero-order valence-electron chi connectivity index (χ0n) is 15.8. The Morgan fingerprint density at radius 1 is 0.968 bits per heavy atom. The standard InChI is InChI=1S/C22H13ClN2O6/c23-15-7-4-13(5-8-15)12-31-22(28)14-6-9-18-19(10-14)21(27)24(20(18)26)16-2-1-3-17(11-16)25(29)30/h1-11H,12H2. The van der Waals surface area contributed by atoms with Crippen LogP contribution in [-0.4, -0.2) is 22.7 Å². The fourth-order valence-electron chi connectivity index (χ4n) is 3.16. The number of carbonyl (C=O) groups is 3. The summed E-state index contributed by atoms with van der Waals surface area (Å²) in [5, 5.41) is 11.6. The number of hydrogen-bond donors (Lipinski definition) is 0. The van der Waals surface area contributed by atoms with E-state index in [-0.39, 0.29) is 34.7 Å². The Bertz CT molecular complexity index is 1240. The van der Waals surface area contributed by atoms with Crippen molar-refractivity contribution in [3.8, 4) is 0 Å². The molecule has 0 N–H and O–H groups in total. The molecule has 0 bridgehead atoms. The number of amides is 2. The van der Waals surface area contributed by atoms with Crippen LogP contribution in [0.1, 0.15) is 36.6 Å². The molecule has 0 aromatic heterocycles. The van der Waals surface area contributed by atoms with Crippen LogP contribution >= 0.6 is 11.6 Å². The average Bonchev–Trinajstić information content (AvgIpc) is 3.02. The van der Waals surface area contributed by atoms with Gasteiger partial charge in [-0.3, -0.25) is 19.7 Å². The molecule has 0 fully saturated rings. The van der Waals surface area contributed by atoms with Crippen LogP contribution in [0.15, 0.2) is 66.7 Å². The minimum atomic E-state index is -0.673. The molecule has 0 atom stereocenters. The maximum Gasteiger partial charge on any atom is 0.338 e. The van der Waals surface area contributed by atoms with Crippen LogP contribution in [0.25, 0.3) is 0 Å². The number of fused-ring (bicyclic) bond motifs is 1. The molecule has 0 unspecified atom stereocenters. The lowest BCUT2D eigenvalue weighted by atomic mass is 10.1. The van der Waals surface area contributed by atoms with Crippen LogP contribution in [0, 0.1) is 10.1 Å². The molecule has 0 aliphatic carbocycles. The van der Waals surface area contributed by atoms with Crippen molar-refractivity contribution < 1.29 is 24.0 Å². The number of benzene rings is 3. The minimum absolute atomic E-state index is 0.0137. The first-order chi connectivity index (χ1) is 14.8.